The van der Waals surface area contributed by atoms with Gasteiger partial charge in [0, 0.05) is 17.2 Å². The van der Waals surface area contributed by atoms with E-state index in [-0.39, 0.29) is 45.4 Å². The molecule has 0 bridgehead atoms. The van der Waals surface area contributed by atoms with E-state index in [4.69, 9.17) is 33.1 Å². The molecule has 0 amide bonds. The molecule has 2 aromatic rings. The molecule has 1 aliphatic rings. The Morgan fingerprint density at radius 2 is 2.11 bits per heavy atom. The van der Waals surface area contributed by atoms with Crippen LogP contribution in [-0.4, -0.2) is 23.2 Å². The number of phenols is 1. The smallest absolute Gasteiger partial charge is 0.211 e. The van der Waals surface area contributed by atoms with Crippen molar-refractivity contribution in [2.24, 2.45) is 4.99 Å². The third-order valence-electron chi connectivity index (χ3n) is 3.95. The number of ether oxygens (including phenoxy) is 1. The largest absolute Gasteiger partial charge is 0.504 e. The van der Waals surface area contributed by atoms with Gasteiger partial charge in [-0.3, -0.25) is 5.32 Å². The summed E-state index contributed by atoms with van der Waals surface area (Å²) in [6.45, 7) is 0. The fraction of sp³-hybridized carbons (Fsp3) is 0.125. The average Bonchev–Trinajstić information content (AvgIpc) is 2.61. The molecule has 11 heteroatoms. The van der Waals surface area contributed by atoms with Crippen LogP contribution in [0.25, 0.3) is 0 Å². The number of phenolic OH excluding ortho intramolecular Hbond substituents is 1. The minimum atomic E-state index is -0.834. The Morgan fingerprint density at radius 3 is 2.74 bits per heavy atom. The van der Waals surface area contributed by atoms with Crippen LogP contribution in [-0.2, 0) is 0 Å². The van der Waals surface area contributed by atoms with Gasteiger partial charge in [0.1, 0.15) is 29.3 Å². The number of aromatic hydroxyl groups is 1. The van der Waals surface area contributed by atoms with Crippen LogP contribution in [0.4, 0.5) is 17.3 Å². The monoisotopic (exact) mass is 384 g/mol. The minimum Gasteiger partial charge on any atom is -0.504 e. The Balaban J connectivity index is 2.30. The van der Waals surface area contributed by atoms with E-state index in [2.05, 4.69) is 20.6 Å². The molecular formula is C16H13ClN8O2. The standard InChI is InChI=1S/C16H13ClN8O2/c1-27-10-2-6(8(17)3-9(10)26)13-11-12(20)7(4-18)14(21)24-15(11)25-16(23-13)22-5-19/h2-3,13,26H,1H3,(H6,20,21,22,23,24,25). The van der Waals surface area contributed by atoms with E-state index < -0.39 is 6.04 Å². The first-order valence-electron chi connectivity index (χ1n) is 7.46. The van der Waals surface area contributed by atoms with Gasteiger partial charge in [0.05, 0.1) is 17.8 Å². The summed E-state index contributed by atoms with van der Waals surface area (Å²) in [5.41, 5.74) is 12.8. The van der Waals surface area contributed by atoms with Crippen molar-refractivity contribution in [2.45, 2.75) is 6.04 Å². The Morgan fingerprint density at radius 1 is 1.37 bits per heavy atom. The lowest BCUT2D eigenvalue weighted by Gasteiger charge is -2.27. The van der Waals surface area contributed by atoms with E-state index in [1.54, 1.807) is 6.19 Å². The summed E-state index contributed by atoms with van der Waals surface area (Å²) in [5.74, 6) is 0.273. The quantitative estimate of drug-likeness (QED) is 0.378. The molecule has 10 nitrogen and oxygen atoms in total. The Labute approximate surface area is 158 Å². The first-order chi connectivity index (χ1) is 12.9. The van der Waals surface area contributed by atoms with Gasteiger partial charge in [-0.05, 0) is 6.07 Å². The lowest BCUT2D eigenvalue weighted by atomic mass is 9.94. The van der Waals surface area contributed by atoms with Gasteiger partial charge in [0.15, 0.2) is 17.7 Å². The SMILES string of the molecule is COc1cc(C2N=C(NC#N)Nc3nc(N)c(C#N)c(N)c32)c(Cl)cc1O. The van der Waals surface area contributed by atoms with Crippen molar-refractivity contribution in [3.8, 4) is 23.8 Å². The summed E-state index contributed by atoms with van der Waals surface area (Å²) >= 11 is 6.30. The number of nitrogens with one attached hydrogen (secondary N) is 2. The lowest BCUT2D eigenvalue weighted by Crippen LogP contribution is -2.32. The molecular weight excluding hydrogens is 372 g/mol. The number of guanidine groups is 1. The maximum absolute atomic E-state index is 9.91. The Hall–Kier alpha value is -3.89. The third kappa shape index (κ3) is 2.94. The fourth-order valence-corrected chi connectivity index (χ4v) is 3.00. The zero-order valence-electron chi connectivity index (χ0n) is 13.9. The molecule has 1 aromatic heterocycles. The Bertz CT molecular complexity index is 1050. The maximum atomic E-state index is 9.91. The van der Waals surface area contributed by atoms with Crippen LogP contribution in [0, 0.1) is 22.8 Å². The molecule has 0 saturated heterocycles. The highest BCUT2D eigenvalue weighted by Crippen LogP contribution is 2.44. The van der Waals surface area contributed by atoms with Crippen LogP contribution in [0.15, 0.2) is 17.1 Å². The van der Waals surface area contributed by atoms with Gasteiger partial charge in [-0.25, -0.2) is 9.98 Å². The van der Waals surface area contributed by atoms with Gasteiger partial charge in [-0.2, -0.15) is 10.5 Å². The normalized spacial score (nSPS) is 14.8. The number of nitrogens with zero attached hydrogens (tertiary/aromatic N) is 4. The average molecular weight is 385 g/mol. The molecule has 27 heavy (non-hydrogen) atoms. The zero-order chi connectivity index (χ0) is 19.7. The summed E-state index contributed by atoms with van der Waals surface area (Å²) in [4.78, 5) is 8.55. The van der Waals surface area contributed by atoms with E-state index in [1.807, 2.05) is 6.07 Å². The number of anilines is 3. The molecule has 0 saturated carbocycles. The molecule has 1 atom stereocenters. The van der Waals surface area contributed by atoms with Gasteiger partial charge in [0.25, 0.3) is 0 Å². The summed E-state index contributed by atoms with van der Waals surface area (Å²) in [5, 5.41) is 33.5. The number of hydrogen-bond donors (Lipinski definition) is 5. The van der Waals surface area contributed by atoms with Crippen LogP contribution in [0.2, 0.25) is 5.02 Å². The molecule has 1 aliphatic heterocycles. The molecule has 0 fully saturated rings. The molecule has 7 N–H and O–H groups in total. The number of hydrogen-bond acceptors (Lipinski definition) is 10. The highest BCUT2D eigenvalue weighted by atomic mass is 35.5. The number of methoxy groups -OCH3 is 1. The van der Waals surface area contributed by atoms with Crippen LogP contribution >= 0.6 is 11.6 Å². The number of rotatable bonds is 2. The van der Waals surface area contributed by atoms with Crippen molar-refractivity contribution in [3.05, 3.63) is 33.8 Å². The van der Waals surface area contributed by atoms with Gasteiger partial charge in [-0.1, -0.05) is 11.6 Å². The molecule has 3 rings (SSSR count). The third-order valence-corrected chi connectivity index (χ3v) is 4.28. The van der Waals surface area contributed by atoms with E-state index >= 15 is 0 Å². The molecule has 0 aliphatic carbocycles. The van der Waals surface area contributed by atoms with Gasteiger partial charge >= 0.3 is 0 Å². The summed E-state index contributed by atoms with van der Waals surface area (Å²) in [7, 11) is 1.39. The predicted molar refractivity (Wildman–Crippen MR) is 99.1 cm³/mol. The summed E-state index contributed by atoms with van der Waals surface area (Å²) in [6.07, 6.45) is 1.75. The first kappa shape index (κ1) is 17.9. The number of nitrogens with two attached hydrogens (primary N) is 2. The number of aromatic nitrogens is 1. The van der Waals surface area contributed by atoms with Crippen molar-refractivity contribution in [1.29, 1.82) is 10.5 Å². The number of benzene rings is 1. The van der Waals surface area contributed by atoms with Crippen LogP contribution in [0.1, 0.15) is 22.7 Å². The van der Waals surface area contributed by atoms with Gasteiger partial charge in [0.2, 0.25) is 5.96 Å². The van der Waals surface area contributed by atoms with E-state index in [1.165, 1.54) is 19.2 Å². The minimum absolute atomic E-state index is 0.00862. The highest BCUT2D eigenvalue weighted by molar-refractivity contribution is 6.31. The van der Waals surface area contributed by atoms with Crippen molar-refractivity contribution in [2.75, 3.05) is 23.9 Å². The molecule has 0 spiro atoms. The molecule has 1 aromatic carbocycles. The number of aliphatic imine (C=N–C) groups is 1. The molecule has 0 radical (unpaired) electrons. The number of fused-ring (bicyclic) bond motifs is 1. The second-order valence-corrected chi connectivity index (χ2v) is 5.85. The van der Waals surface area contributed by atoms with Crippen LogP contribution < -0.4 is 26.8 Å². The highest BCUT2D eigenvalue weighted by Gasteiger charge is 2.31. The van der Waals surface area contributed by atoms with E-state index in [9.17, 15) is 10.4 Å². The topological polar surface area (TPSA) is 178 Å². The van der Waals surface area contributed by atoms with Gasteiger partial charge < -0.3 is 26.6 Å². The second kappa shape index (κ2) is 6.78. The molecule has 1 unspecified atom stereocenters. The molecule has 136 valence electrons. The van der Waals surface area contributed by atoms with Crippen molar-refractivity contribution in [3.63, 3.8) is 0 Å². The molecule has 2 heterocycles. The number of nitriles is 2. The van der Waals surface area contributed by atoms with Crippen LogP contribution in [0.3, 0.4) is 0 Å². The number of pyridine rings is 1. The fourth-order valence-electron chi connectivity index (χ4n) is 2.74. The zero-order valence-corrected chi connectivity index (χ0v) is 14.7. The van der Waals surface area contributed by atoms with Crippen molar-refractivity contribution >= 4 is 34.9 Å². The predicted octanol–water partition coefficient (Wildman–Crippen LogP) is 1.43. The van der Waals surface area contributed by atoms with Crippen molar-refractivity contribution < 1.29 is 9.84 Å². The number of nitrogen functional groups attached to an aromatic ring is 2. The summed E-state index contributed by atoms with van der Waals surface area (Å²) in [6, 6.07) is 3.87. The lowest BCUT2D eigenvalue weighted by molar-refractivity contribution is 0.373. The Kier molecular flexibility index (Phi) is 4.50. The van der Waals surface area contributed by atoms with E-state index in [0.717, 1.165) is 0 Å². The maximum Gasteiger partial charge on any atom is 0.211 e. The first-order valence-corrected chi connectivity index (χ1v) is 7.84. The second-order valence-electron chi connectivity index (χ2n) is 5.45. The van der Waals surface area contributed by atoms with Gasteiger partial charge in [-0.15, -0.1) is 0 Å². The number of halogens is 1. The van der Waals surface area contributed by atoms with Crippen molar-refractivity contribution in [1.82, 2.24) is 10.3 Å². The van der Waals surface area contributed by atoms with E-state index in [0.29, 0.717) is 11.1 Å². The summed E-state index contributed by atoms with van der Waals surface area (Å²) < 4.78 is 5.13. The van der Waals surface area contributed by atoms with Crippen LogP contribution in [0.5, 0.6) is 11.5 Å².